The number of aromatic nitrogens is 2. The van der Waals surface area contributed by atoms with E-state index >= 15 is 0 Å². The van der Waals surface area contributed by atoms with Crippen LogP contribution in [0.2, 0.25) is 0 Å². The first-order valence-corrected chi connectivity index (χ1v) is 7.28. The fourth-order valence-electron chi connectivity index (χ4n) is 2.66. The number of amides is 3. The number of anilines is 1. The van der Waals surface area contributed by atoms with Crippen molar-refractivity contribution in [1.29, 1.82) is 0 Å². The molecule has 3 rings (SSSR count). The molecule has 2 fully saturated rings. The molecule has 1 aromatic heterocycles. The summed E-state index contributed by atoms with van der Waals surface area (Å²) in [6, 6.07) is 1.17. The Hall–Kier alpha value is -2.48. The van der Waals surface area contributed by atoms with Gasteiger partial charge in [0.1, 0.15) is 5.70 Å². The van der Waals surface area contributed by atoms with Crippen LogP contribution in [-0.4, -0.2) is 41.5 Å². The number of imide groups is 1. The van der Waals surface area contributed by atoms with Gasteiger partial charge in [-0.3, -0.25) is 10.1 Å². The van der Waals surface area contributed by atoms with Crippen LogP contribution < -0.4 is 21.3 Å². The molecule has 3 heterocycles. The molecule has 2 aliphatic rings. The number of carbonyl (C=O) groups is 2. The van der Waals surface area contributed by atoms with Crippen LogP contribution in [0.3, 0.4) is 0 Å². The zero-order valence-corrected chi connectivity index (χ0v) is 12.1. The molecule has 2 aliphatic heterocycles. The first-order valence-electron chi connectivity index (χ1n) is 7.28. The number of nitrogens with zero attached hydrogens (tertiary/aromatic N) is 3. The van der Waals surface area contributed by atoms with Crippen LogP contribution in [0.1, 0.15) is 18.5 Å². The summed E-state index contributed by atoms with van der Waals surface area (Å²) in [7, 11) is 0. The fourth-order valence-corrected chi connectivity index (χ4v) is 2.66. The van der Waals surface area contributed by atoms with Gasteiger partial charge in [-0.1, -0.05) is 0 Å². The second-order valence-electron chi connectivity index (χ2n) is 5.44. The van der Waals surface area contributed by atoms with E-state index in [0.717, 1.165) is 25.9 Å². The van der Waals surface area contributed by atoms with Crippen molar-refractivity contribution in [1.82, 2.24) is 20.6 Å². The van der Waals surface area contributed by atoms with Gasteiger partial charge in [0, 0.05) is 19.3 Å². The SMILES string of the molecule is NCC1CCCN(c2nccc(/C=C3\NC(=O)NC3=O)n2)C1. The number of piperidine rings is 1. The molecule has 1 atom stereocenters. The Morgan fingerprint density at radius 1 is 1.41 bits per heavy atom. The van der Waals surface area contributed by atoms with Crippen molar-refractivity contribution in [2.75, 3.05) is 24.5 Å². The van der Waals surface area contributed by atoms with E-state index in [2.05, 4.69) is 25.5 Å². The topological polar surface area (TPSA) is 113 Å². The lowest BCUT2D eigenvalue weighted by Gasteiger charge is -2.32. The van der Waals surface area contributed by atoms with E-state index in [1.165, 1.54) is 6.08 Å². The summed E-state index contributed by atoms with van der Waals surface area (Å²) in [6.45, 7) is 2.40. The van der Waals surface area contributed by atoms with Crippen LogP contribution in [0.15, 0.2) is 18.0 Å². The molecule has 0 aromatic carbocycles. The van der Waals surface area contributed by atoms with Gasteiger partial charge in [-0.25, -0.2) is 14.8 Å². The van der Waals surface area contributed by atoms with Gasteiger partial charge in [0.15, 0.2) is 0 Å². The molecule has 0 spiro atoms. The van der Waals surface area contributed by atoms with Gasteiger partial charge >= 0.3 is 6.03 Å². The zero-order chi connectivity index (χ0) is 15.5. The maximum absolute atomic E-state index is 11.5. The average Bonchev–Trinajstić information content (AvgIpc) is 2.85. The summed E-state index contributed by atoms with van der Waals surface area (Å²) in [6.07, 6.45) is 5.38. The van der Waals surface area contributed by atoms with E-state index in [0.29, 0.717) is 24.1 Å². The maximum Gasteiger partial charge on any atom is 0.326 e. The zero-order valence-electron chi connectivity index (χ0n) is 12.1. The van der Waals surface area contributed by atoms with Crippen molar-refractivity contribution in [2.45, 2.75) is 12.8 Å². The van der Waals surface area contributed by atoms with Gasteiger partial charge in [0.05, 0.1) is 5.69 Å². The molecule has 1 unspecified atom stereocenters. The number of hydrogen-bond acceptors (Lipinski definition) is 6. The van der Waals surface area contributed by atoms with Crippen LogP contribution in [0.5, 0.6) is 0 Å². The molecule has 8 heteroatoms. The Morgan fingerprint density at radius 3 is 3.00 bits per heavy atom. The molecule has 0 bridgehead atoms. The summed E-state index contributed by atoms with van der Waals surface area (Å²) in [5.74, 6) is 0.628. The Balaban J connectivity index is 1.79. The van der Waals surface area contributed by atoms with Gasteiger partial charge in [0.25, 0.3) is 5.91 Å². The number of urea groups is 1. The summed E-state index contributed by atoms with van der Waals surface area (Å²) >= 11 is 0. The quantitative estimate of drug-likeness (QED) is 0.528. The third kappa shape index (κ3) is 3.06. The largest absolute Gasteiger partial charge is 0.340 e. The smallest absolute Gasteiger partial charge is 0.326 e. The predicted molar refractivity (Wildman–Crippen MR) is 80.7 cm³/mol. The third-order valence-corrected chi connectivity index (χ3v) is 3.81. The highest BCUT2D eigenvalue weighted by molar-refractivity contribution is 6.13. The van der Waals surface area contributed by atoms with Gasteiger partial charge in [-0.05, 0) is 37.4 Å². The molecule has 0 radical (unpaired) electrons. The Kier molecular flexibility index (Phi) is 4.01. The van der Waals surface area contributed by atoms with Crippen LogP contribution >= 0.6 is 0 Å². The van der Waals surface area contributed by atoms with Crippen molar-refractivity contribution in [3.63, 3.8) is 0 Å². The Bertz CT molecular complexity index is 630. The predicted octanol–water partition coefficient (Wildman–Crippen LogP) is -0.168. The molecular weight excluding hydrogens is 284 g/mol. The molecule has 8 nitrogen and oxygen atoms in total. The summed E-state index contributed by atoms with van der Waals surface area (Å²) in [5, 5.41) is 4.59. The lowest BCUT2D eigenvalue weighted by molar-refractivity contribution is -0.115. The van der Waals surface area contributed by atoms with E-state index in [9.17, 15) is 9.59 Å². The highest BCUT2D eigenvalue weighted by Gasteiger charge is 2.24. The minimum atomic E-state index is -0.521. The number of carbonyl (C=O) groups excluding carboxylic acids is 2. The first kappa shape index (κ1) is 14.5. The second-order valence-corrected chi connectivity index (χ2v) is 5.44. The fraction of sp³-hybridized carbons (Fsp3) is 0.429. The molecule has 0 saturated carbocycles. The summed E-state index contributed by atoms with van der Waals surface area (Å²) in [5.41, 5.74) is 6.51. The molecule has 0 aliphatic carbocycles. The van der Waals surface area contributed by atoms with E-state index < -0.39 is 11.9 Å². The standard InChI is InChI=1S/C14H18N6O2/c15-7-9-2-1-5-20(8-9)13-16-4-3-10(17-13)6-11-12(21)19-14(22)18-11/h3-4,6,9H,1-2,5,7-8,15H2,(H2,18,19,21,22)/b11-6-. The van der Waals surface area contributed by atoms with Crippen LogP contribution in [0.25, 0.3) is 6.08 Å². The Morgan fingerprint density at radius 2 is 2.27 bits per heavy atom. The van der Waals surface area contributed by atoms with Crippen LogP contribution in [0, 0.1) is 5.92 Å². The second kappa shape index (κ2) is 6.10. The summed E-state index contributed by atoms with van der Waals surface area (Å²) < 4.78 is 0. The molecule has 22 heavy (non-hydrogen) atoms. The first-order chi connectivity index (χ1) is 10.7. The summed E-state index contributed by atoms with van der Waals surface area (Å²) in [4.78, 5) is 33.5. The van der Waals surface area contributed by atoms with Gasteiger partial charge in [0.2, 0.25) is 5.95 Å². The normalized spacial score (nSPS) is 23.6. The molecule has 1 aromatic rings. The van der Waals surface area contributed by atoms with Crippen molar-refractivity contribution in [3.8, 4) is 0 Å². The third-order valence-electron chi connectivity index (χ3n) is 3.81. The minimum absolute atomic E-state index is 0.188. The molecule has 3 amide bonds. The number of hydrogen-bond donors (Lipinski definition) is 3. The van der Waals surface area contributed by atoms with Crippen molar-refractivity contribution >= 4 is 24.0 Å². The van der Waals surface area contributed by atoms with Crippen molar-refractivity contribution in [2.24, 2.45) is 11.7 Å². The lowest BCUT2D eigenvalue weighted by Crippen LogP contribution is -2.39. The van der Waals surface area contributed by atoms with Gasteiger partial charge < -0.3 is 16.0 Å². The molecule has 2 saturated heterocycles. The number of nitrogens with two attached hydrogens (primary N) is 1. The number of rotatable bonds is 3. The van der Waals surface area contributed by atoms with Crippen LogP contribution in [-0.2, 0) is 4.79 Å². The lowest BCUT2D eigenvalue weighted by atomic mass is 9.99. The van der Waals surface area contributed by atoms with Crippen LogP contribution in [0.4, 0.5) is 10.7 Å². The molecule has 116 valence electrons. The maximum atomic E-state index is 11.5. The van der Waals surface area contributed by atoms with Crippen molar-refractivity contribution in [3.05, 3.63) is 23.7 Å². The Labute approximate surface area is 127 Å². The van der Waals surface area contributed by atoms with E-state index in [1.807, 2.05) is 0 Å². The van der Waals surface area contributed by atoms with Gasteiger partial charge in [-0.15, -0.1) is 0 Å². The monoisotopic (exact) mass is 302 g/mol. The highest BCUT2D eigenvalue weighted by Crippen LogP contribution is 2.20. The van der Waals surface area contributed by atoms with E-state index in [4.69, 9.17) is 5.73 Å². The average molecular weight is 302 g/mol. The van der Waals surface area contributed by atoms with E-state index in [1.54, 1.807) is 12.3 Å². The molecular formula is C14H18N6O2. The van der Waals surface area contributed by atoms with Gasteiger partial charge in [-0.2, -0.15) is 0 Å². The van der Waals surface area contributed by atoms with E-state index in [-0.39, 0.29) is 5.70 Å². The minimum Gasteiger partial charge on any atom is -0.340 e. The number of nitrogens with one attached hydrogen (secondary N) is 2. The molecule has 4 N–H and O–H groups in total. The highest BCUT2D eigenvalue weighted by atomic mass is 16.2. The van der Waals surface area contributed by atoms with Crippen molar-refractivity contribution < 1.29 is 9.59 Å².